The van der Waals surface area contributed by atoms with Gasteiger partial charge in [-0.1, -0.05) is 56.2 Å². The van der Waals surface area contributed by atoms with Gasteiger partial charge in [0.2, 0.25) is 0 Å². The van der Waals surface area contributed by atoms with Crippen molar-refractivity contribution < 1.29 is 4.74 Å². The van der Waals surface area contributed by atoms with E-state index in [1.54, 1.807) is 0 Å². The summed E-state index contributed by atoms with van der Waals surface area (Å²) in [5.41, 5.74) is 4.04. The van der Waals surface area contributed by atoms with Gasteiger partial charge in [0.15, 0.2) is 0 Å². The van der Waals surface area contributed by atoms with E-state index in [-0.39, 0.29) is 5.60 Å². The molecule has 0 N–H and O–H groups in total. The van der Waals surface area contributed by atoms with Gasteiger partial charge in [-0.3, -0.25) is 0 Å². The average Bonchev–Trinajstić information content (AvgIpc) is 2.53. The zero-order chi connectivity index (χ0) is 15.6. The lowest BCUT2D eigenvalue weighted by atomic mass is 9.83. The number of unbranched alkanes of at least 4 members (excludes halogenated alkanes) is 2. The van der Waals surface area contributed by atoms with Crippen LogP contribution in [-0.2, 0) is 11.2 Å². The number of hydrogen-bond acceptors (Lipinski definition) is 1. The Kier molecular flexibility index (Phi) is 4.35. The molecule has 0 spiro atoms. The van der Waals surface area contributed by atoms with Crippen molar-refractivity contribution >= 4 is 16.8 Å². The van der Waals surface area contributed by atoms with Gasteiger partial charge in [-0.05, 0) is 53.8 Å². The number of fused-ring (bicyclic) bond motifs is 2. The molecule has 0 fully saturated rings. The summed E-state index contributed by atoms with van der Waals surface area (Å²) in [7, 11) is 0. The van der Waals surface area contributed by atoms with E-state index in [0.717, 1.165) is 19.4 Å². The number of hydrogen-bond donors (Lipinski definition) is 0. The van der Waals surface area contributed by atoms with Gasteiger partial charge in [-0.25, -0.2) is 0 Å². The van der Waals surface area contributed by atoms with Crippen molar-refractivity contribution in [1.29, 1.82) is 0 Å². The topological polar surface area (TPSA) is 9.23 Å². The fourth-order valence-corrected chi connectivity index (χ4v) is 3.41. The summed E-state index contributed by atoms with van der Waals surface area (Å²) in [6.45, 7) is 7.55. The molecule has 116 valence electrons. The van der Waals surface area contributed by atoms with Crippen LogP contribution in [0.25, 0.3) is 16.8 Å². The maximum atomic E-state index is 6.21. The summed E-state index contributed by atoms with van der Waals surface area (Å²) in [6.07, 6.45) is 9.11. The maximum absolute atomic E-state index is 6.21. The lowest BCUT2D eigenvalue weighted by Gasteiger charge is -2.32. The van der Waals surface area contributed by atoms with Crippen molar-refractivity contribution in [3.63, 3.8) is 0 Å². The highest BCUT2D eigenvalue weighted by Gasteiger charge is 2.28. The summed E-state index contributed by atoms with van der Waals surface area (Å²) in [6, 6.07) is 11.0. The highest BCUT2D eigenvalue weighted by Crippen LogP contribution is 2.34. The molecule has 0 radical (unpaired) electrons. The van der Waals surface area contributed by atoms with E-state index in [2.05, 4.69) is 63.3 Å². The van der Waals surface area contributed by atoms with Crippen molar-refractivity contribution in [3.8, 4) is 0 Å². The minimum absolute atomic E-state index is 0.159. The van der Waals surface area contributed by atoms with E-state index in [0.29, 0.717) is 0 Å². The van der Waals surface area contributed by atoms with Gasteiger partial charge >= 0.3 is 0 Å². The summed E-state index contributed by atoms with van der Waals surface area (Å²) in [5.74, 6) is 0. The van der Waals surface area contributed by atoms with Crippen molar-refractivity contribution in [2.75, 3.05) is 6.61 Å². The van der Waals surface area contributed by atoms with Crippen LogP contribution in [0, 0.1) is 6.92 Å². The van der Waals surface area contributed by atoms with Crippen LogP contribution in [0.1, 0.15) is 49.8 Å². The molecule has 0 aromatic heterocycles. The molecule has 1 heteroatoms. The number of rotatable bonds is 5. The molecule has 0 heterocycles. The minimum Gasteiger partial charge on any atom is -0.371 e. The standard InChI is InChI=1S/C21H26O/c1-4-5-8-13-22-21(3)12-11-18-14-17-9-6-7-10-19(17)16(2)20(18)15-21/h6-7,9-12,14H,4-5,8,13,15H2,1-3H3. The molecular formula is C21H26O. The first-order valence-electron chi connectivity index (χ1n) is 8.47. The van der Waals surface area contributed by atoms with Crippen LogP contribution in [0.4, 0.5) is 0 Å². The first kappa shape index (κ1) is 15.3. The van der Waals surface area contributed by atoms with E-state index in [4.69, 9.17) is 4.74 Å². The minimum atomic E-state index is -0.159. The molecule has 1 aliphatic rings. The second-order valence-corrected chi connectivity index (χ2v) is 6.67. The molecule has 1 nitrogen and oxygen atoms in total. The van der Waals surface area contributed by atoms with Gasteiger partial charge in [0.05, 0.1) is 5.60 Å². The monoisotopic (exact) mass is 294 g/mol. The summed E-state index contributed by atoms with van der Waals surface area (Å²) >= 11 is 0. The third-order valence-electron chi connectivity index (χ3n) is 4.80. The molecule has 0 saturated carbocycles. The van der Waals surface area contributed by atoms with Crippen molar-refractivity contribution in [2.45, 2.75) is 52.1 Å². The Bertz CT molecular complexity index is 698. The lowest BCUT2D eigenvalue weighted by molar-refractivity contribution is 0.00356. The first-order valence-corrected chi connectivity index (χ1v) is 8.47. The van der Waals surface area contributed by atoms with Gasteiger partial charge in [0.1, 0.15) is 0 Å². The van der Waals surface area contributed by atoms with Crippen molar-refractivity contribution in [3.05, 3.63) is 53.1 Å². The number of benzene rings is 2. The van der Waals surface area contributed by atoms with Crippen LogP contribution in [0.5, 0.6) is 0 Å². The molecule has 2 aromatic carbocycles. The van der Waals surface area contributed by atoms with E-state index < -0.39 is 0 Å². The molecule has 0 bridgehead atoms. The molecule has 1 aliphatic carbocycles. The number of ether oxygens (including phenoxy) is 1. The van der Waals surface area contributed by atoms with Gasteiger partial charge in [-0.15, -0.1) is 0 Å². The third kappa shape index (κ3) is 2.96. The van der Waals surface area contributed by atoms with E-state index in [9.17, 15) is 0 Å². The lowest BCUT2D eigenvalue weighted by Crippen LogP contribution is -2.32. The quantitative estimate of drug-likeness (QED) is 0.644. The molecule has 1 atom stereocenters. The highest BCUT2D eigenvalue weighted by atomic mass is 16.5. The fraction of sp³-hybridized carbons (Fsp3) is 0.429. The molecule has 2 aromatic rings. The number of aryl methyl sites for hydroxylation is 1. The average molecular weight is 294 g/mol. The van der Waals surface area contributed by atoms with Crippen LogP contribution in [0.2, 0.25) is 0 Å². The van der Waals surface area contributed by atoms with Gasteiger partial charge in [-0.2, -0.15) is 0 Å². The molecule has 0 amide bonds. The van der Waals surface area contributed by atoms with Crippen molar-refractivity contribution in [2.24, 2.45) is 0 Å². The smallest absolute Gasteiger partial charge is 0.0878 e. The van der Waals surface area contributed by atoms with E-state index in [1.165, 1.54) is 40.3 Å². The molecule has 1 unspecified atom stereocenters. The normalized spacial score (nSPS) is 20.3. The van der Waals surface area contributed by atoms with Crippen LogP contribution < -0.4 is 0 Å². The zero-order valence-electron chi connectivity index (χ0n) is 14.0. The first-order chi connectivity index (χ1) is 10.6. The second-order valence-electron chi connectivity index (χ2n) is 6.67. The van der Waals surface area contributed by atoms with Crippen LogP contribution in [0.3, 0.4) is 0 Å². The predicted molar refractivity (Wildman–Crippen MR) is 95.3 cm³/mol. The Morgan fingerprint density at radius 2 is 2.00 bits per heavy atom. The maximum Gasteiger partial charge on any atom is 0.0878 e. The zero-order valence-corrected chi connectivity index (χ0v) is 14.0. The van der Waals surface area contributed by atoms with Gasteiger partial charge in [0.25, 0.3) is 0 Å². The SMILES string of the molecule is CCCCCOC1(C)C=Cc2cc3ccccc3c(C)c2C1. The predicted octanol–water partition coefficient (Wildman–Crippen LogP) is 5.68. The van der Waals surface area contributed by atoms with Crippen LogP contribution >= 0.6 is 0 Å². The summed E-state index contributed by atoms with van der Waals surface area (Å²) in [4.78, 5) is 0. The second kappa shape index (κ2) is 6.26. The Hall–Kier alpha value is -1.60. The Labute approximate surface area is 134 Å². The largest absolute Gasteiger partial charge is 0.371 e. The Balaban J connectivity index is 1.88. The van der Waals surface area contributed by atoms with Crippen molar-refractivity contribution in [1.82, 2.24) is 0 Å². The molecule has 0 aliphatic heterocycles. The highest BCUT2D eigenvalue weighted by molar-refractivity contribution is 5.90. The molecular weight excluding hydrogens is 268 g/mol. The molecule has 3 rings (SSSR count). The Morgan fingerprint density at radius 1 is 1.18 bits per heavy atom. The van der Waals surface area contributed by atoms with Crippen LogP contribution in [0.15, 0.2) is 36.4 Å². The molecule has 22 heavy (non-hydrogen) atoms. The van der Waals surface area contributed by atoms with E-state index in [1.807, 2.05) is 0 Å². The van der Waals surface area contributed by atoms with E-state index >= 15 is 0 Å². The Morgan fingerprint density at radius 3 is 2.82 bits per heavy atom. The van der Waals surface area contributed by atoms with Gasteiger partial charge in [0, 0.05) is 13.0 Å². The van der Waals surface area contributed by atoms with Gasteiger partial charge < -0.3 is 4.74 Å². The third-order valence-corrected chi connectivity index (χ3v) is 4.80. The summed E-state index contributed by atoms with van der Waals surface area (Å²) < 4.78 is 6.21. The molecule has 0 saturated heterocycles. The summed E-state index contributed by atoms with van der Waals surface area (Å²) in [5, 5.41) is 2.70. The fourth-order valence-electron chi connectivity index (χ4n) is 3.41. The van der Waals surface area contributed by atoms with Crippen LogP contribution in [-0.4, -0.2) is 12.2 Å².